The van der Waals surface area contributed by atoms with Crippen LogP contribution >= 0.6 is 11.8 Å². The molecule has 4 heteroatoms. The van der Waals surface area contributed by atoms with Gasteiger partial charge in [-0.25, -0.2) is 0 Å². The van der Waals surface area contributed by atoms with Crippen molar-refractivity contribution in [1.29, 1.82) is 0 Å². The number of esters is 1. The molecule has 2 N–H and O–H groups in total. The van der Waals surface area contributed by atoms with Gasteiger partial charge in [0.05, 0.1) is 6.10 Å². The Morgan fingerprint density at radius 3 is 2.38 bits per heavy atom. The molecule has 2 atom stereocenters. The molecule has 0 aromatic heterocycles. The summed E-state index contributed by atoms with van der Waals surface area (Å²) >= 11 is 1.67. The lowest BCUT2D eigenvalue weighted by molar-refractivity contribution is -0.148. The predicted octanol–water partition coefficient (Wildman–Crippen LogP) is 1.41. The van der Waals surface area contributed by atoms with Gasteiger partial charge in [0.1, 0.15) is 6.04 Å². The van der Waals surface area contributed by atoms with E-state index in [-0.39, 0.29) is 17.3 Å². The molecule has 0 spiro atoms. The van der Waals surface area contributed by atoms with Crippen LogP contribution in [0.2, 0.25) is 0 Å². The van der Waals surface area contributed by atoms with E-state index < -0.39 is 6.04 Å². The molecule has 3 nitrogen and oxygen atoms in total. The van der Waals surface area contributed by atoms with E-state index in [1.807, 2.05) is 27.7 Å². The SMILES string of the molecule is CCSC(C)C(N)C(=O)OC(C)C. The molecular formula is C9H19NO2S. The van der Waals surface area contributed by atoms with Gasteiger partial charge in [0, 0.05) is 5.25 Å². The van der Waals surface area contributed by atoms with Crippen molar-refractivity contribution in [2.45, 2.75) is 45.1 Å². The van der Waals surface area contributed by atoms with Crippen LogP contribution in [0.3, 0.4) is 0 Å². The standard InChI is InChI=1S/C9H19NO2S/c1-5-13-7(4)8(10)9(11)12-6(2)3/h6-8H,5,10H2,1-4H3. The number of hydrogen-bond donors (Lipinski definition) is 1. The van der Waals surface area contributed by atoms with E-state index in [2.05, 4.69) is 0 Å². The van der Waals surface area contributed by atoms with E-state index in [1.54, 1.807) is 11.8 Å². The van der Waals surface area contributed by atoms with Crippen molar-refractivity contribution in [3.8, 4) is 0 Å². The number of hydrogen-bond acceptors (Lipinski definition) is 4. The van der Waals surface area contributed by atoms with E-state index in [0.29, 0.717) is 0 Å². The Hall–Kier alpha value is -0.220. The van der Waals surface area contributed by atoms with Crippen LogP contribution in [0.5, 0.6) is 0 Å². The summed E-state index contributed by atoms with van der Waals surface area (Å²) in [5.74, 6) is 0.660. The lowest BCUT2D eigenvalue weighted by atomic mass is 10.2. The van der Waals surface area contributed by atoms with Crippen LogP contribution in [0.1, 0.15) is 27.7 Å². The first kappa shape index (κ1) is 12.8. The van der Waals surface area contributed by atoms with Gasteiger partial charge in [-0.2, -0.15) is 11.8 Å². The van der Waals surface area contributed by atoms with Crippen LogP contribution < -0.4 is 5.73 Å². The molecule has 0 aromatic carbocycles. The quantitative estimate of drug-likeness (QED) is 0.689. The van der Waals surface area contributed by atoms with Gasteiger partial charge in [-0.3, -0.25) is 4.79 Å². The highest BCUT2D eigenvalue weighted by molar-refractivity contribution is 7.99. The Labute approximate surface area is 84.4 Å². The molecule has 0 aliphatic heterocycles. The number of nitrogens with two attached hydrogens (primary N) is 1. The molecule has 0 saturated carbocycles. The van der Waals surface area contributed by atoms with Gasteiger partial charge >= 0.3 is 5.97 Å². The highest BCUT2D eigenvalue weighted by Gasteiger charge is 2.22. The fourth-order valence-corrected chi connectivity index (χ4v) is 1.71. The first-order chi connectivity index (χ1) is 5.99. The maximum absolute atomic E-state index is 11.3. The smallest absolute Gasteiger partial charge is 0.324 e. The van der Waals surface area contributed by atoms with E-state index in [4.69, 9.17) is 10.5 Å². The molecule has 0 heterocycles. The van der Waals surface area contributed by atoms with Gasteiger partial charge in [0.2, 0.25) is 0 Å². The third-order valence-electron chi connectivity index (χ3n) is 1.56. The molecule has 0 aliphatic carbocycles. The van der Waals surface area contributed by atoms with Crippen LogP contribution in [-0.4, -0.2) is 29.1 Å². The van der Waals surface area contributed by atoms with Crippen LogP contribution in [0.15, 0.2) is 0 Å². The molecule has 0 amide bonds. The van der Waals surface area contributed by atoms with Crippen LogP contribution in [0.25, 0.3) is 0 Å². The molecule has 0 rings (SSSR count). The van der Waals surface area contributed by atoms with Crippen molar-refractivity contribution in [2.24, 2.45) is 5.73 Å². The zero-order valence-corrected chi connectivity index (χ0v) is 9.56. The van der Waals surface area contributed by atoms with Crippen LogP contribution in [-0.2, 0) is 9.53 Å². The summed E-state index contributed by atoms with van der Waals surface area (Å²) in [7, 11) is 0. The van der Waals surface area contributed by atoms with E-state index >= 15 is 0 Å². The van der Waals surface area contributed by atoms with Crippen molar-refractivity contribution >= 4 is 17.7 Å². The van der Waals surface area contributed by atoms with Crippen molar-refractivity contribution in [1.82, 2.24) is 0 Å². The Morgan fingerprint density at radius 1 is 1.46 bits per heavy atom. The highest BCUT2D eigenvalue weighted by atomic mass is 32.2. The average molecular weight is 205 g/mol. The fraction of sp³-hybridized carbons (Fsp3) is 0.889. The number of carbonyl (C=O) groups is 1. The number of carbonyl (C=O) groups excluding carboxylic acids is 1. The van der Waals surface area contributed by atoms with E-state index in [1.165, 1.54) is 0 Å². The van der Waals surface area contributed by atoms with Gasteiger partial charge in [-0.05, 0) is 19.6 Å². The zero-order valence-electron chi connectivity index (χ0n) is 8.74. The normalized spacial score (nSPS) is 15.5. The zero-order chi connectivity index (χ0) is 10.4. The van der Waals surface area contributed by atoms with E-state index in [0.717, 1.165) is 5.75 Å². The summed E-state index contributed by atoms with van der Waals surface area (Å²) in [5, 5.41) is 0.122. The highest BCUT2D eigenvalue weighted by Crippen LogP contribution is 2.13. The van der Waals surface area contributed by atoms with Gasteiger partial charge in [0.25, 0.3) is 0 Å². The summed E-state index contributed by atoms with van der Waals surface area (Å²) in [6.45, 7) is 7.63. The molecule has 0 fully saturated rings. The van der Waals surface area contributed by atoms with Crippen molar-refractivity contribution in [2.75, 3.05) is 5.75 Å². The van der Waals surface area contributed by atoms with Gasteiger partial charge in [-0.15, -0.1) is 0 Å². The molecule has 2 unspecified atom stereocenters. The van der Waals surface area contributed by atoms with Crippen LogP contribution in [0, 0.1) is 0 Å². The second kappa shape index (κ2) is 6.27. The summed E-state index contributed by atoms with van der Waals surface area (Å²) in [6.07, 6.45) is -0.0858. The summed E-state index contributed by atoms with van der Waals surface area (Å²) in [6, 6.07) is -0.507. The molecule has 0 bridgehead atoms. The third kappa shape index (κ3) is 5.16. The average Bonchev–Trinajstić information content (AvgIpc) is 2.02. The monoisotopic (exact) mass is 205 g/mol. The summed E-state index contributed by atoms with van der Waals surface area (Å²) in [4.78, 5) is 11.3. The predicted molar refractivity (Wildman–Crippen MR) is 56.8 cm³/mol. The molecule has 0 saturated heterocycles. The van der Waals surface area contributed by atoms with Crippen molar-refractivity contribution in [3.05, 3.63) is 0 Å². The Bertz CT molecular complexity index is 162. The second-order valence-corrected chi connectivity index (χ2v) is 4.83. The topological polar surface area (TPSA) is 52.3 Å². The minimum absolute atomic E-state index is 0.0858. The molecule has 0 radical (unpaired) electrons. The van der Waals surface area contributed by atoms with Crippen molar-refractivity contribution < 1.29 is 9.53 Å². The van der Waals surface area contributed by atoms with Crippen LogP contribution in [0.4, 0.5) is 0 Å². The van der Waals surface area contributed by atoms with Gasteiger partial charge < -0.3 is 10.5 Å². The lowest BCUT2D eigenvalue weighted by Gasteiger charge is -2.18. The molecule has 13 heavy (non-hydrogen) atoms. The molecule has 0 aliphatic rings. The second-order valence-electron chi connectivity index (χ2n) is 3.17. The number of thioether (sulfide) groups is 1. The minimum atomic E-state index is -0.507. The molecule has 78 valence electrons. The van der Waals surface area contributed by atoms with Gasteiger partial charge in [-0.1, -0.05) is 13.8 Å². The van der Waals surface area contributed by atoms with Gasteiger partial charge in [0.15, 0.2) is 0 Å². The first-order valence-corrected chi connectivity index (χ1v) is 5.61. The number of rotatable bonds is 5. The Kier molecular flexibility index (Phi) is 6.16. The third-order valence-corrected chi connectivity index (χ3v) is 2.71. The van der Waals surface area contributed by atoms with E-state index in [9.17, 15) is 4.79 Å². The Balaban J connectivity index is 3.93. The maximum atomic E-state index is 11.3. The summed E-state index contributed by atoms with van der Waals surface area (Å²) in [5.41, 5.74) is 5.70. The lowest BCUT2D eigenvalue weighted by Crippen LogP contribution is -2.41. The van der Waals surface area contributed by atoms with Crippen molar-refractivity contribution in [3.63, 3.8) is 0 Å². The molecular weight excluding hydrogens is 186 g/mol. The Morgan fingerprint density at radius 2 is 2.00 bits per heavy atom. The summed E-state index contributed by atoms with van der Waals surface area (Å²) < 4.78 is 5.00. The number of ether oxygens (including phenoxy) is 1. The maximum Gasteiger partial charge on any atom is 0.324 e. The first-order valence-electron chi connectivity index (χ1n) is 4.56. The fourth-order valence-electron chi connectivity index (χ4n) is 0.869. The largest absolute Gasteiger partial charge is 0.462 e. The molecule has 0 aromatic rings. The minimum Gasteiger partial charge on any atom is -0.462 e.